The average Bonchev–Trinajstić information content (AvgIpc) is 2.58. The fourth-order valence-corrected chi connectivity index (χ4v) is 1.56. The van der Waals surface area contributed by atoms with E-state index in [4.69, 9.17) is 4.74 Å². The van der Waals surface area contributed by atoms with Crippen molar-refractivity contribution < 1.29 is 14.6 Å². The molecule has 1 aromatic heterocycles. The summed E-state index contributed by atoms with van der Waals surface area (Å²) in [6, 6.07) is 0. The Balaban J connectivity index is 2.29. The standard InChI is InChI=1S/C11H18BrN3O3/c1-11(2,3)18-10(17)13-5-9(16)7-15-6-8(12)4-14-15/h4,6,9,16H,5,7H2,1-3H3,(H,13,17). The second kappa shape index (κ2) is 6.19. The van der Waals surface area contributed by atoms with Gasteiger partial charge in [-0.3, -0.25) is 4.68 Å². The number of halogens is 1. The molecule has 0 fully saturated rings. The fraction of sp³-hybridized carbons (Fsp3) is 0.636. The number of amides is 1. The zero-order valence-electron chi connectivity index (χ0n) is 10.7. The number of nitrogens with one attached hydrogen (secondary N) is 1. The first-order valence-electron chi connectivity index (χ1n) is 5.59. The van der Waals surface area contributed by atoms with Crippen molar-refractivity contribution in [3.05, 3.63) is 16.9 Å². The number of carbonyl (C=O) groups is 1. The molecule has 1 aromatic rings. The molecule has 0 saturated heterocycles. The fourth-order valence-electron chi connectivity index (χ4n) is 1.23. The van der Waals surface area contributed by atoms with Crippen LogP contribution in [0.15, 0.2) is 16.9 Å². The molecule has 1 rings (SSSR count). The van der Waals surface area contributed by atoms with Gasteiger partial charge < -0.3 is 15.2 Å². The second-order valence-corrected chi connectivity index (χ2v) is 5.83. The van der Waals surface area contributed by atoms with Crippen LogP contribution >= 0.6 is 15.9 Å². The van der Waals surface area contributed by atoms with Crippen molar-refractivity contribution in [2.24, 2.45) is 0 Å². The first-order chi connectivity index (χ1) is 8.26. The number of nitrogens with zero attached hydrogens (tertiary/aromatic N) is 2. The molecule has 0 saturated carbocycles. The third-order valence-corrected chi connectivity index (χ3v) is 2.29. The number of aliphatic hydroxyl groups excluding tert-OH is 1. The summed E-state index contributed by atoms with van der Waals surface area (Å²) in [5, 5.41) is 16.2. The van der Waals surface area contributed by atoms with Crippen molar-refractivity contribution in [3.8, 4) is 0 Å². The highest BCUT2D eigenvalue weighted by Crippen LogP contribution is 2.07. The van der Waals surface area contributed by atoms with E-state index >= 15 is 0 Å². The maximum absolute atomic E-state index is 11.3. The predicted molar refractivity (Wildman–Crippen MR) is 70.2 cm³/mol. The van der Waals surface area contributed by atoms with Crippen molar-refractivity contribution in [1.82, 2.24) is 15.1 Å². The van der Waals surface area contributed by atoms with Crippen LogP contribution in [0, 0.1) is 0 Å². The van der Waals surface area contributed by atoms with E-state index in [0.29, 0.717) is 6.54 Å². The Hall–Kier alpha value is -1.08. The van der Waals surface area contributed by atoms with Gasteiger partial charge in [-0.2, -0.15) is 5.10 Å². The summed E-state index contributed by atoms with van der Waals surface area (Å²) in [5.74, 6) is 0. The van der Waals surface area contributed by atoms with Crippen LogP contribution in [-0.4, -0.2) is 39.2 Å². The van der Waals surface area contributed by atoms with Crippen LogP contribution < -0.4 is 5.32 Å². The average molecular weight is 320 g/mol. The molecule has 0 aromatic carbocycles. The van der Waals surface area contributed by atoms with Crippen molar-refractivity contribution in [3.63, 3.8) is 0 Å². The largest absolute Gasteiger partial charge is 0.444 e. The monoisotopic (exact) mass is 319 g/mol. The highest BCUT2D eigenvalue weighted by molar-refractivity contribution is 9.10. The third-order valence-electron chi connectivity index (χ3n) is 1.88. The van der Waals surface area contributed by atoms with E-state index in [0.717, 1.165) is 4.47 Å². The Morgan fingerprint density at radius 2 is 2.33 bits per heavy atom. The quantitative estimate of drug-likeness (QED) is 0.882. The maximum Gasteiger partial charge on any atom is 0.407 e. The van der Waals surface area contributed by atoms with Gasteiger partial charge in [0.1, 0.15) is 5.60 Å². The molecule has 7 heteroatoms. The van der Waals surface area contributed by atoms with Crippen LogP contribution in [0.25, 0.3) is 0 Å². The molecule has 0 bridgehead atoms. The van der Waals surface area contributed by atoms with Crippen LogP contribution in [0.2, 0.25) is 0 Å². The van der Waals surface area contributed by atoms with Gasteiger partial charge in [0.15, 0.2) is 0 Å². The van der Waals surface area contributed by atoms with E-state index in [2.05, 4.69) is 26.3 Å². The summed E-state index contributed by atoms with van der Waals surface area (Å²) in [6.45, 7) is 5.77. The predicted octanol–water partition coefficient (Wildman–Crippen LogP) is 1.53. The molecule has 0 aliphatic rings. The summed E-state index contributed by atoms with van der Waals surface area (Å²) < 4.78 is 7.48. The van der Waals surface area contributed by atoms with Crippen LogP contribution in [-0.2, 0) is 11.3 Å². The molecule has 1 atom stereocenters. The Kier molecular flexibility index (Phi) is 5.15. The second-order valence-electron chi connectivity index (χ2n) is 4.92. The van der Waals surface area contributed by atoms with E-state index in [1.807, 2.05) is 0 Å². The molecule has 0 aliphatic carbocycles. The topological polar surface area (TPSA) is 76.4 Å². The number of carbonyl (C=O) groups excluding carboxylic acids is 1. The molecular formula is C11H18BrN3O3. The molecule has 18 heavy (non-hydrogen) atoms. The minimum absolute atomic E-state index is 0.117. The molecule has 0 aliphatic heterocycles. The lowest BCUT2D eigenvalue weighted by molar-refractivity contribution is 0.0482. The van der Waals surface area contributed by atoms with E-state index < -0.39 is 17.8 Å². The number of rotatable bonds is 4. The van der Waals surface area contributed by atoms with Crippen molar-refractivity contribution in [2.45, 2.75) is 39.0 Å². The minimum atomic E-state index is -0.718. The first-order valence-corrected chi connectivity index (χ1v) is 6.38. The Morgan fingerprint density at radius 3 is 2.83 bits per heavy atom. The SMILES string of the molecule is CC(C)(C)OC(=O)NCC(O)Cn1cc(Br)cn1. The van der Waals surface area contributed by atoms with Gasteiger partial charge in [-0.25, -0.2) is 4.79 Å². The van der Waals surface area contributed by atoms with Gasteiger partial charge in [0.25, 0.3) is 0 Å². The van der Waals surface area contributed by atoms with E-state index in [-0.39, 0.29) is 6.54 Å². The van der Waals surface area contributed by atoms with Crippen molar-refractivity contribution in [1.29, 1.82) is 0 Å². The third kappa shape index (κ3) is 6.02. The summed E-state index contributed by atoms with van der Waals surface area (Å²) in [4.78, 5) is 11.3. The zero-order chi connectivity index (χ0) is 13.8. The molecule has 102 valence electrons. The molecule has 0 spiro atoms. The summed E-state index contributed by atoms with van der Waals surface area (Å²) in [5.41, 5.74) is -0.540. The number of hydrogen-bond donors (Lipinski definition) is 2. The van der Waals surface area contributed by atoms with Gasteiger partial charge in [-0.1, -0.05) is 0 Å². The number of aliphatic hydroxyl groups is 1. The maximum atomic E-state index is 11.3. The molecule has 2 N–H and O–H groups in total. The highest BCUT2D eigenvalue weighted by Gasteiger charge is 2.16. The van der Waals surface area contributed by atoms with Crippen LogP contribution in [0.1, 0.15) is 20.8 Å². The van der Waals surface area contributed by atoms with Crippen LogP contribution in [0.3, 0.4) is 0 Å². The molecular weight excluding hydrogens is 302 g/mol. The van der Waals surface area contributed by atoms with E-state index in [1.165, 1.54) is 0 Å². The lowest BCUT2D eigenvalue weighted by Crippen LogP contribution is -2.38. The normalized spacial score (nSPS) is 13.2. The summed E-state index contributed by atoms with van der Waals surface area (Å²) in [7, 11) is 0. The lowest BCUT2D eigenvalue weighted by atomic mass is 10.2. The summed E-state index contributed by atoms with van der Waals surface area (Å²) in [6.07, 6.45) is 2.12. The number of alkyl carbamates (subject to hydrolysis) is 1. The Bertz CT molecular complexity index is 400. The van der Waals surface area contributed by atoms with E-state index in [9.17, 15) is 9.90 Å². The van der Waals surface area contributed by atoms with Gasteiger partial charge in [0.2, 0.25) is 0 Å². The van der Waals surface area contributed by atoms with Crippen LogP contribution in [0.4, 0.5) is 4.79 Å². The Morgan fingerprint density at radius 1 is 1.67 bits per heavy atom. The first kappa shape index (κ1) is 15.0. The molecule has 1 amide bonds. The smallest absolute Gasteiger partial charge is 0.407 e. The Labute approximate surface area is 114 Å². The van der Waals surface area contributed by atoms with Gasteiger partial charge in [-0.05, 0) is 36.7 Å². The van der Waals surface area contributed by atoms with Gasteiger partial charge in [0.05, 0.1) is 23.3 Å². The molecule has 6 nitrogen and oxygen atoms in total. The number of ether oxygens (including phenoxy) is 1. The van der Waals surface area contributed by atoms with Gasteiger partial charge >= 0.3 is 6.09 Å². The van der Waals surface area contributed by atoms with Crippen molar-refractivity contribution >= 4 is 22.0 Å². The zero-order valence-corrected chi connectivity index (χ0v) is 12.3. The number of hydrogen-bond acceptors (Lipinski definition) is 4. The lowest BCUT2D eigenvalue weighted by Gasteiger charge is -2.20. The van der Waals surface area contributed by atoms with Crippen molar-refractivity contribution in [2.75, 3.05) is 6.54 Å². The minimum Gasteiger partial charge on any atom is -0.444 e. The molecule has 1 unspecified atom stereocenters. The molecule has 0 radical (unpaired) electrons. The van der Waals surface area contributed by atoms with Gasteiger partial charge in [-0.15, -0.1) is 0 Å². The van der Waals surface area contributed by atoms with Gasteiger partial charge in [0, 0.05) is 12.7 Å². The number of aromatic nitrogens is 2. The van der Waals surface area contributed by atoms with E-state index in [1.54, 1.807) is 37.8 Å². The highest BCUT2D eigenvalue weighted by atomic mass is 79.9. The molecule has 1 heterocycles. The summed E-state index contributed by atoms with van der Waals surface area (Å²) >= 11 is 3.26. The van der Waals surface area contributed by atoms with Crippen LogP contribution in [0.5, 0.6) is 0 Å².